The van der Waals surface area contributed by atoms with Gasteiger partial charge in [0, 0.05) is 0 Å². The molecule has 0 aromatic carbocycles. The van der Waals surface area contributed by atoms with Crippen LogP contribution in [0.25, 0.3) is 0 Å². The zero-order valence-electron chi connectivity index (χ0n) is 12.3. The molecule has 1 aliphatic carbocycles. The van der Waals surface area contributed by atoms with Crippen LogP contribution in [0.5, 0.6) is 0 Å². The summed E-state index contributed by atoms with van der Waals surface area (Å²) >= 11 is 0. The lowest BCUT2D eigenvalue weighted by molar-refractivity contribution is 0.260. The van der Waals surface area contributed by atoms with Gasteiger partial charge in [-0.3, -0.25) is 0 Å². The highest BCUT2D eigenvalue weighted by molar-refractivity contribution is 5.08. The van der Waals surface area contributed by atoms with Crippen molar-refractivity contribution in [2.24, 2.45) is 17.8 Å². The topological polar surface area (TPSA) is 15.3 Å². The van der Waals surface area contributed by atoms with Crippen LogP contribution in [0.4, 0.5) is 0 Å². The Morgan fingerprint density at radius 3 is 2.65 bits per heavy atom. The number of hydrogen-bond acceptors (Lipinski definition) is 2. The van der Waals surface area contributed by atoms with Crippen LogP contribution in [0, 0.1) is 17.8 Å². The third-order valence-corrected chi connectivity index (χ3v) is 3.94. The van der Waals surface area contributed by atoms with E-state index in [4.69, 9.17) is 0 Å². The number of nitrogens with zero attached hydrogens (tertiary/aromatic N) is 1. The Bertz CT molecular complexity index is 245. The zero-order chi connectivity index (χ0) is 12.8. The first kappa shape index (κ1) is 14.7. The standard InChI is InChI=1S/C15H30N2/c1-12-9-13(2)15(14(3)10-12)11-16-7-6-8-17(4)5/h9,13-16H,6-8,10-11H2,1-5H3/t13-,14+,15+/m0/s1. The molecule has 0 aromatic heterocycles. The molecule has 0 aromatic rings. The predicted octanol–water partition coefficient (Wildman–Crippen LogP) is 2.77. The summed E-state index contributed by atoms with van der Waals surface area (Å²) in [7, 11) is 4.28. The third kappa shape index (κ3) is 5.22. The molecule has 3 atom stereocenters. The highest BCUT2D eigenvalue weighted by atomic mass is 15.1. The minimum absolute atomic E-state index is 0.736. The van der Waals surface area contributed by atoms with E-state index in [1.54, 1.807) is 5.57 Å². The molecular formula is C15H30N2. The van der Waals surface area contributed by atoms with Gasteiger partial charge in [-0.05, 0) is 71.2 Å². The number of nitrogens with one attached hydrogen (secondary N) is 1. The lowest BCUT2D eigenvalue weighted by atomic mass is 9.75. The smallest absolute Gasteiger partial charge is 0.00123 e. The minimum atomic E-state index is 0.736. The summed E-state index contributed by atoms with van der Waals surface area (Å²) < 4.78 is 0. The summed E-state index contributed by atoms with van der Waals surface area (Å²) in [5.41, 5.74) is 1.58. The van der Waals surface area contributed by atoms with Crippen molar-refractivity contribution >= 4 is 0 Å². The molecule has 0 heterocycles. The molecule has 0 radical (unpaired) electrons. The van der Waals surface area contributed by atoms with Crippen molar-refractivity contribution in [2.75, 3.05) is 33.7 Å². The molecule has 0 saturated carbocycles. The summed E-state index contributed by atoms with van der Waals surface area (Å²) in [6, 6.07) is 0. The van der Waals surface area contributed by atoms with Gasteiger partial charge in [-0.2, -0.15) is 0 Å². The molecule has 0 spiro atoms. The lowest BCUT2D eigenvalue weighted by Gasteiger charge is -2.33. The van der Waals surface area contributed by atoms with Gasteiger partial charge in [0.2, 0.25) is 0 Å². The van der Waals surface area contributed by atoms with Crippen LogP contribution in [0.3, 0.4) is 0 Å². The first-order valence-electron chi connectivity index (χ1n) is 7.03. The maximum absolute atomic E-state index is 3.63. The lowest BCUT2D eigenvalue weighted by Crippen LogP contribution is -2.34. The van der Waals surface area contributed by atoms with E-state index in [2.05, 4.69) is 51.2 Å². The molecule has 0 unspecified atom stereocenters. The van der Waals surface area contributed by atoms with Gasteiger partial charge in [-0.25, -0.2) is 0 Å². The van der Waals surface area contributed by atoms with Gasteiger partial charge < -0.3 is 10.2 Å². The fourth-order valence-corrected chi connectivity index (χ4v) is 2.99. The fraction of sp³-hybridized carbons (Fsp3) is 0.867. The molecule has 100 valence electrons. The molecule has 1 aliphatic rings. The Morgan fingerprint density at radius 2 is 2.06 bits per heavy atom. The van der Waals surface area contributed by atoms with Crippen molar-refractivity contribution in [1.82, 2.24) is 10.2 Å². The van der Waals surface area contributed by atoms with Crippen LogP contribution >= 0.6 is 0 Å². The highest BCUT2D eigenvalue weighted by Gasteiger charge is 2.25. The Hall–Kier alpha value is -0.340. The molecule has 2 heteroatoms. The van der Waals surface area contributed by atoms with Crippen LogP contribution in [0.1, 0.15) is 33.6 Å². The quantitative estimate of drug-likeness (QED) is 0.565. The van der Waals surface area contributed by atoms with Gasteiger partial charge in [-0.1, -0.05) is 25.5 Å². The van der Waals surface area contributed by atoms with Crippen molar-refractivity contribution in [1.29, 1.82) is 0 Å². The van der Waals surface area contributed by atoms with E-state index < -0.39 is 0 Å². The predicted molar refractivity (Wildman–Crippen MR) is 76.2 cm³/mol. The summed E-state index contributed by atoms with van der Waals surface area (Å²) in [6.07, 6.45) is 5.00. The van der Waals surface area contributed by atoms with E-state index in [0.717, 1.165) is 24.3 Å². The Labute approximate surface area is 107 Å². The second kappa shape index (κ2) is 7.17. The van der Waals surface area contributed by atoms with Crippen molar-refractivity contribution < 1.29 is 0 Å². The monoisotopic (exact) mass is 238 g/mol. The van der Waals surface area contributed by atoms with Crippen LogP contribution in [0.2, 0.25) is 0 Å². The van der Waals surface area contributed by atoms with Crippen LogP contribution < -0.4 is 5.32 Å². The number of allylic oxidation sites excluding steroid dienone is 2. The van der Waals surface area contributed by atoms with Gasteiger partial charge in [-0.15, -0.1) is 0 Å². The molecule has 1 rings (SSSR count). The second-order valence-electron chi connectivity index (χ2n) is 6.08. The normalized spacial score (nSPS) is 29.5. The molecule has 0 fully saturated rings. The molecule has 2 nitrogen and oxygen atoms in total. The Kier molecular flexibility index (Phi) is 6.21. The summed E-state index contributed by atoms with van der Waals surface area (Å²) in [6.45, 7) is 10.6. The fourth-order valence-electron chi connectivity index (χ4n) is 2.99. The SMILES string of the molecule is CC1=C[C@H](C)[C@@H](CNCCCN(C)C)[C@H](C)C1. The third-order valence-electron chi connectivity index (χ3n) is 3.94. The maximum Gasteiger partial charge on any atom is -0.00123 e. The zero-order valence-corrected chi connectivity index (χ0v) is 12.3. The van der Waals surface area contributed by atoms with E-state index >= 15 is 0 Å². The van der Waals surface area contributed by atoms with E-state index in [-0.39, 0.29) is 0 Å². The van der Waals surface area contributed by atoms with Crippen molar-refractivity contribution in [3.8, 4) is 0 Å². The molecule has 17 heavy (non-hydrogen) atoms. The molecule has 1 N–H and O–H groups in total. The van der Waals surface area contributed by atoms with Crippen molar-refractivity contribution in [3.05, 3.63) is 11.6 Å². The molecule has 0 bridgehead atoms. The van der Waals surface area contributed by atoms with Gasteiger partial charge in [0.15, 0.2) is 0 Å². The summed E-state index contributed by atoms with van der Waals surface area (Å²) in [5, 5.41) is 3.63. The summed E-state index contributed by atoms with van der Waals surface area (Å²) in [4.78, 5) is 2.25. The largest absolute Gasteiger partial charge is 0.316 e. The highest BCUT2D eigenvalue weighted by Crippen LogP contribution is 2.32. The molecule has 0 amide bonds. The van der Waals surface area contributed by atoms with Crippen molar-refractivity contribution in [2.45, 2.75) is 33.6 Å². The van der Waals surface area contributed by atoms with E-state index in [1.807, 2.05) is 0 Å². The average molecular weight is 238 g/mol. The molecular weight excluding hydrogens is 208 g/mol. The minimum Gasteiger partial charge on any atom is -0.316 e. The summed E-state index contributed by atoms with van der Waals surface area (Å²) in [5.74, 6) is 2.38. The van der Waals surface area contributed by atoms with E-state index in [0.29, 0.717) is 0 Å². The van der Waals surface area contributed by atoms with Crippen LogP contribution in [-0.4, -0.2) is 38.6 Å². The number of hydrogen-bond donors (Lipinski definition) is 1. The van der Waals surface area contributed by atoms with Crippen molar-refractivity contribution in [3.63, 3.8) is 0 Å². The Morgan fingerprint density at radius 1 is 1.35 bits per heavy atom. The second-order valence-corrected chi connectivity index (χ2v) is 6.08. The van der Waals surface area contributed by atoms with Gasteiger partial charge in [0.25, 0.3) is 0 Å². The first-order chi connectivity index (χ1) is 8.00. The maximum atomic E-state index is 3.63. The molecule has 0 saturated heterocycles. The first-order valence-corrected chi connectivity index (χ1v) is 7.03. The average Bonchev–Trinajstić information content (AvgIpc) is 2.20. The molecule has 0 aliphatic heterocycles. The van der Waals surface area contributed by atoms with Gasteiger partial charge >= 0.3 is 0 Å². The van der Waals surface area contributed by atoms with Crippen LogP contribution in [-0.2, 0) is 0 Å². The van der Waals surface area contributed by atoms with Gasteiger partial charge in [0.05, 0.1) is 0 Å². The van der Waals surface area contributed by atoms with Crippen LogP contribution in [0.15, 0.2) is 11.6 Å². The van der Waals surface area contributed by atoms with Gasteiger partial charge in [0.1, 0.15) is 0 Å². The van der Waals surface area contributed by atoms with E-state index in [9.17, 15) is 0 Å². The number of rotatable bonds is 6. The van der Waals surface area contributed by atoms with E-state index in [1.165, 1.54) is 25.9 Å². The Balaban J connectivity index is 2.22.